The first-order valence-corrected chi connectivity index (χ1v) is 8.65. The summed E-state index contributed by atoms with van der Waals surface area (Å²) >= 11 is 0. The van der Waals surface area contributed by atoms with E-state index >= 15 is 0 Å². The van der Waals surface area contributed by atoms with Gasteiger partial charge in [-0.25, -0.2) is 4.39 Å². The van der Waals surface area contributed by atoms with E-state index in [9.17, 15) is 9.18 Å². The zero-order valence-corrected chi connectivity index (χ0v) is 14.6. The van der Waals surface area contributed by atoms with Crippen molar-refractivity contribution in [3.8, 4) is 0 Å². The van der Waals surface area contributed by atoms with Gasteiger partial charge >= 0.3 is 0 Å². The van der Waals surface area contributed by atoms with E-state index < -0.39 is 0 Å². The van der Waals surface area contributed by atoms with Crippen LogP contribution in [0.25, 0.3) is 0 Å². The summed E-state index contributed by atoms with van der Waals surface area (Å²) in [7, 11) is 0. The lowest BCUT2D eigenvalue weighted by atomic mass is 9.88. The molecule has 0 aliphatic rings. The molecule has 140 valence electrons. The van der Waals surface area contributed by atoms with E-state index in [-0.39, 0.29) is 36.6 Å². The molecule has 0 aliphatic carbocycles. The minimum atomic E-state index is -0.376. The number of nitrogens with zero attached hydrogens (tertiary/aromatic N) is 2. The number of amides is 1. The molecule has 3 aromatic rings. The zero-order valence-electron chi connectivity index (χ0n) is 14.6. The molecule has 1 heterocycles. The Hall–Kier alpha value is -3.06. The van der Waals surface area contributed by atoms with E-state index in [1.807, 2.05) is 30.3 Å². The van der Waals surface area contributed by atoms with Crippen LogP contribution in [0.4, 0.5) is 4.39 Å². The van der Waals surface area contributed by atoms with Gasteiger partial charge in [-0.05, 0) is 17.2 Å². The third-order valence-electron chi connectivity index (χ3n) is 4.19. The quantitative estimate of drug-likeness (QED) is 0.637. The number of hydrogen-bond acceptors (Lipinski definition) is 5. The number of aliphatic hydroxyl groups excluding tert-OH is 1. The Labute approximate surface area is 156 Å². The number of carbonyl (C=O) groups excluding carboxylic acids is 1. The standard InChI is InChI=1S/C20H20FN3O3/c21-17-9-5-4-8-15(17)16(14-6-2-1-3-7-14)12-19(26)22-11-10-18-23-20(13-25)27-24-18/h1-9,16,25H,10-13H2,(H,22,26)/t16-/m1/s1. The highest BCUT2D eigenvalue weighted by atomic mass is 19.1. The Morgan fingerprint density at radius 1 is 1.15 bits per heavy atom. The Morgan fingerprint density at radius 2 is 1.89 bits per heavy atom. The lowest BCUT2D eigenvalue weighted by molar-refractivity contribution is -0.121. The monoisotopic (exact) mass is 369 g/mol. The van der Waals surface area contributed by atoms with Gasteiger partial charge in [-0.1, -0.05) is 53.7 Å². The summed E-state index contributed by atoms with van der Waals surface area (Å²) in [5.74, 6) is -0.355. The van der Waals surface area contributed by atoms with Crippen LogP contribution in [0.5, 0.6) is 0 Å². The average Bonchev–Trinajstić information content (AvgIpc) is 3.15. The predicted octanol–water partition coefficient (Wildman–Crippen LogP) is 2.58. The van der Waals surface area contributed by atoms with E-state index in [4.69, 9.17) is 9.63 Å². The van der Waals surface area contributed by atoms with Crippen molar-refractivity contribution in [2.75, 3.05) is 6.54 Å². The maximum atomic E-state index is 14.3. The van der Waals surface area contributed by atoms with E-state index in [2.05, 4.69) is 15.5 Å². The number of rotatable bonds is 8. The van der Waals surface area contributed by atoms with Crippen LogP contribution in [-0.2, 0) is 17.8 Å². The van der Waals surface area contributed by atoms with Crippen molar-refractivity contribution in [2.45, 2.75) is 25.4 Å². The number of hydrogen-bond donors (Lipinski definition) is 2. The topological polar surface area (TPSA) is 88.2 Å². The van der Waals surface area contributed by atoms with Gasteiger partial charge in [-0.3, -0.25) is 4.79 Å². The van der Waals surface area contributed by atoms with Gasteiger partial charge in [0.2, 0.25) is 5.91 Å². The lowest BCUT2D eigenvalue weighted by Crippen LogP contribution is -2.27. The summed E-state index contributed by atoms with van der Waals surface area (Å²) in [5.41, 5.74) is 1.37. The third-order valence-corrected chi connectivity index (χ3v) is 4.19. The molecule has 27 heavy (non-hydrogen) atoms. The van der Waals surface area contributed by atoms with Crippen molar-refractivity contribution in [1.29, 1.82) is 0 Å². The highest BCUT2D eigenvalue weighted by Crippen LogP contribution is 2.29. The van der Waals surface area contributed by atoms with Crippen LogP contribution in [0.15, 0.2) is 59.1 Å². The molecule has 3 rings (SSSR count). The number of nitrogens with one attached hydrogen (secondary N) is 1. The Kier molecular flexibility index (Phi) is 6.27. The smallest absolute Gasteiger partial charge is 0.252 e. The summed E-state index contributed by atoms with van der Waals surface area (Å²) in [6.45, 7) is 0.00275. The third kappa shape index (κ3) is 4.98. The summed E-state index contributed by atoms with van der Waals surface area (Å²) in [6.07, 6.45) is 0.504. The number of carbonyl (C=O) groups is 1. The van der Waals surface area contributed by atoms with E-state index in [1.54, 1.807) is 18.2 Å². The van der Waals surface area contributed by atoms with E-state index in [0.717, 1.165) is 5.56 Å². The molecule has 1 atom stereocenters. The number of halogens is 1. The van der Waals surface area contributed by atoms with Crippen LogP contribution in [0.1, 0.15) is 35.2 Å². The molecule has 0 saturated heterocycles. The molecule has 6 nitrogen and oxygen atoms in total. The number of aliphatic hydroxyl groups is 1. The van der Waals surface area contributed by atoms with Crippen LogP contribution in [0.2, 0.25) is 0 Å². The molecule has 0 saturated carbocycles. The molecule has 7 heteroatoms. The molecule has 2 aromatic carbocycles. The fourth-order valence-corrected chi connectivity index (χ4v) is 2.88. The molecule has 1 aromatic heterocycles. The maximum absolute atomic E-state index is 14.3. The molecule has 0 radical (unpaired) electrons. The van der Waals surface area contributed by atoms with Crippen LogP contribution in [-0.4, -0.2) is 27.7 Å². The van der Waals surface area contributed by atoms with Gasteiger partial charge in [0.05, 0.1) is 0 Å². The fourth-order valence-electron chi connectivity index (χ4n) is 2.88. The zero-order chi connectivity index (χ0) is 19.1. The lowest BCUT2D eigenvalue weighted by Gasteiger charge is -2.18. The normalized spacial score (nSPS) is 11.9. The van der Waals surface area contributed by atoms with Crippen LogP contribution in [0, 0.1) is 5.82 Å². The van der Waals surface area contributed by atoms with Crippen LogP contribution >= 0.6 is 0 Å². The average molecular weight is 369 g/mol. The van der Waals surface area contributed by atoms with Gasteiger partial charge in [0.15, 0.2) is 5.82 Å². The van der Waals surface area contributed by atoms with E-state index in [0.29, 0.717) is 24.4 Å². The molecule has 0 unspecified atom stereocenters. The van der Waals surface area contributed by atoms with Crippen molar-refractivity contribution >= 4 is 5.91 Å². The molecule has 0 bridgehead atoms. The predicted molar refractivity (Wildman–Crippen MR) is 96.2 cm³/mol. The summed E-state index contributed by atoms with van der Waals surface area (Å²) in [6, 6.07) is 15.9. The Bertz CT molecular complexity index is 883. The minimum absolute atomic E-state index is 0.124. The maximum Gasteiger partial charge on any atom is 0.252 e. The number of benzene rings is 2. The molecule has 0 aliphatic heterocycles. The van der Waals surface area contributed by atoms with Crippen LogP contribution in [0.3, 0.4) is 0 Å². The van der Waals surface area contributed by atoms with Crippen molar-refractivity contribution in [1.82, 2.24) is 15.5 Å². The first-order chi connectivity index (χ1) is 13.2. The van der Waals surface area contributed by atoms with E-state index in [1.165, 1.54) is 6.07 Å². The van der Waals surface area contributed by atoms with Gasteiger partial charge in [0.1, 0.15) is 12.4 Å². The minimum Gasteiger partial charge on any atom is -0.387 e. The van der Waals surface area contributed by atoms with Gasteiger partial charge in [0, 0.05) is 25.3 Å². The summed E-state index contributed by atoms with van der Waals surface area (Å²) in [5, 5.41) is 15.4. The van der Waals surface area contributed by atoms with Gasteiger partial charge in [0.25, 0.3) is 5.89 Å². The van der Waals surface area contributed by atoms with Crippen molar-refractivity contribution in [3.63, 3.8) is 0 Å². The second-order valence-corrected chi connectivity index (χ2v) is 6.05. The Morgan fingerprint density at radius 3 is 2.59 bits per heavy atom. The molecule has 1 amide bonds. The van der Waals surface area contributed by atoms with Gasteiger partial charge in [-0.2, -0.15) is 4.98 Å². The molecular formula is C20H20FN3O3. The van der Waals surface area contributed by atoms with Gasteiger partial charge < -0.3 is 14.9 Å². The Balaban J connectivity index is 1.65. The van der Waals surface area contributed by atoms with Crippen LogP contribution < -0.4 is 5.32 Å². The SMILES string of the molecule is O=C(C[C@H](c1ccccc1)c1ccccc1F)NCCc1noc(CO)n1. The van der Waals surface area contributed by atoms with Gasteiger partial charge in [-0.15, -0.1) is 0 Å². The second kappa shape index (κ2) is 9.05. The molecule has 0 fully saturated rings. The number of aromatic nitrogens is 2. The van der Waals surface area contributed by atoms with Crippen molar-refractivity contribution < 1.29 is 18.8 Å². The molecule has 0 spiro atoms. The van der Waals surface area contributed by atoms with Crippen molar-refractivity contribution in [2.24, 2.45) is 0 Å². The summed E-state index contributed by atoms with van der Waals surface area (Å²) < 4.78 is 19.1. The largest absolute Gasteiger partial charge is 0.387 e. The molecular weight excluding hydrogens is 349 g/mol. The highest BCUT2D eigenvalue weighted by Gasteiger charge is 2.21. The first-order valence-electron chi connectivity index (χ1n) is 8.65. The second-order valence-electron chi connectivity index (χ2n) is 6.05. The molecule has 2 N–H and O–H groups in total. The summed E-state index contributed by atoms with van der Waals surface area (Å²) in [4.78, 5) is 16.4. The first kappa shape index (κ1) is 18.7. The van der Waals surface area contributed by atoms with Crippen molar-refractivity contribution in [3.05, 3.63) is 83.3 Å². The fraction of sp³-hybridized carbons (Fsp3) is 0.250. The highest BCUT2D eigenvalue weighted by molar-refractivity contribution is 5.77.